The lowest BCUT2D eigenvalue weighted by Gasteiger charge is -2.25. The molecule has 0 radical (unpaired) electrons. The Bertz CT molecular complexity index is 768. The molecule has 2 amide bonds. The Morgan fingerprint density at radius 1 is 1.00 bits per heavy atom. The number of esters is 2. The van der Waals surface area contributed by atoms with Crippen LogP contribution in [0.5, 0.6) is 0 Å². The van der Waals surface area contributed by atoms with Crippen LogP contribution in [0.4, 0.5) is 0 Å². The van der Waals surface area contributed by atoms with Gasteiger partial charge in [-0.05, 0) is 37.8 Å². The van der Waals surface area contributed by atoms with E-state index < -0.39 is 29.9 Å². The van der Waals surface area contributed by atoms with Gasteiger partial charge in [-0.25, -0.2) is 4.79 Å². The molecule has 31 heavy (non-hydrogen) atoms. The summed E-state index contributed by atoms with van der Waals surface area (Å²) in [5, 5.41) is 5.76. The smallest absolute Gasteiger partial charge is 0.328 e. The fourth-order valence-electron chi connectivity index (χ4n) is 2.82. The van der Waals surface area contributed by atoms with E-state index in [-0.39, 0.29) is 44.3 Å². The minimum atomic E-state index is -1.03. The number of nitrogens with one attached hydrogen (secondary N) is 2. The van der Waals surface area contributed by atoms with Crippen molar-refractivity contribution in [3.63, 3.8) is 0 Å². The highest BCUT2D eigenvalue weighted by atomic mass is 35.5. The van der Waals surface area contributed by atoms with Crippen LogP contribution in [0.2, 0.25) is 5.02 Å². The Morgan fingerprint density at radius 3 is 2.23 bits per heavy atom. The number of benzene rings is 1. The fourth-order valence-corrected chi connectivity index (χ4v) is 3.03. The number of rotatable bonds is 12. The summed E-state index contributed by atoms with van der Waals surface area (Å²) in [4.78, 5) is 49.2. The molecule has 0 saturated heterocycles. The van der Waals surface area contributed by atoms with Crippen molar-refractivity contribution in [3.05, 3.63) is 34.9 Å². The average Bonchev–Trinajstić information content (AvgIpc) is 2.71. The number of hydrogen-bond acceptors (Lipinski definition) is 6. The number of hydrogen-bond donors (Lipinski definition) is 2. The predicted octanol–water partition coefficient (Wildman–Crippen LogP) is 2.41. The molecule has 172 valence electrons. The van der Waals surface area contributed by atoms with E-state index in [1.807, 2.05) is 0 Å². The summed E-state index contributed by atoms with van der Waals surface area (Å²) in [6, 6.07) is 5.05. The molecule has 0 heterocycles. The second kappa shape index (κ2) is 13.6. The zero-order valence-corrected chi connectivity index (χ0v) is 19.2. The van der Waals surface area contributed by atoms with E-state index in [1.54, 1.807) is 52.0 Å². The van der Waals surface area contributed by atoms with Crippen LogP contribution in [0.1, 0.15) is 46.1 Å². The van der Waals surface area contributed by atoms with Crippen LogP contribution in [-0.2, 0) is 35.1 Å². The highest BCUT2D eigenvalue weighted by Gasteiger charge is 2.30. The number of carbonyl (C=O) groups excluding carboxylic acids is 4. The third-order valence-electron chi connectivity index (χ3n) is 4.40. The van der Waals surface area contributed by atoms with E-state index in [9.17, 15) is 19.2 Å². The summed E-state index contributed by atoms with van der Waals surface area (Å²) in [6.07, 6.45) is -0.00899. The second-order valence-electron chi connectivity index (χ2n) is 7.21. The lowest BCUT2D eigenvalue weighted by molar-refractivity contribution is -0.149. The fraction of sp³-hybridized carbons (Fsp3) is 0.545. The Morgan fingerprint density at radius 2 is 1.65 bits per heavy atom. The third-order valence-corrected chi connectivity index (χ3v) is 4.77. The standard InChI is InChI=1S/C22H31ClN2O6/c1-5-30-19(27)12-11-17(22(29)31-6-2)24-21(28)20(14(3)4)25-18(26)13-15-9-7-8-10-16(15)23/h7-10,14,17,20H,5-6,11-13H2,1-4H3,(H,24,28)(H,25,26)/t17-,20+/m1/s1. The zero-order chi connectivity index (χ0) is 23.4. The summed E-state index contributed by atoms with van der Waals surface area (Å²) in [5.41, 5.74) is 0.642. The van der Waals surface area contributed by atoms with Gasteiger partial charge in [-0.15, -0.1) is 0 Å². The van der Waals surface area contributed by atoms with Gasteiger partial charge in [0, 0.05) is 11.4 Å². The van der Waals surface area contributed by atoms with Gasteiger partial charge in [0.15, 0.2) is 0 Å². The van der Waals surface area contributed by atoms with Crippen LogP contribution in [0.25, 0.3) is 0 Å². The number of ether oxygens (including phenoxy) is 2. The van der Waals surface area contributed by atoms with E-state index >= 15 is 0 Å². The molecule has 0 aromatic heterocycles. The Kier molecular flexibility index (Phi) is 11.6. The molecule has 0 bridgehead atoms. The number of carbonyl (C=O) groups is 4. The normalized spacial score (nSPS) is 12.6. The molecule has 0 spiro atoms. The summed E-state index contributed by atoms with van der Waals surface area (Å²) < 4.78 is 9.87. The maximum absolute atomic E-state index is 12.9. The van der Waals surface area contributed by atoms with Crippen LogP contribution in [0, 0.1) is 5.92 Å². The second-order valence-corrected chi connectivity index (χ2v) is 7.62. The van der Waals surface area contributed by atoms with Gasteiger partial charge < -0.3 is 20.1 Å². The summed E-state index contributed by atoms with van der Waals surface area (Å²) >= 11 is 6.10. The Hall–Kier alpha value is -2.61. The molecule has 0 aliphatic heterocycles. The molecule has 2 atom stereocenters. The van der Waals surface area contributed by atoms with Crippen molar-refractivity contribution in [2.75, 3.05) is 13.2 Å². The summed E-state index contributed by atoms with van der Waals surface area (Å²) in [7, 11) is 0. The first-order valence-corrected chi connectivity index (χ1v) is 10.7. The summed E-state index contributed by atoms with van der Waals surface area (Å²) in [6.45, 7) is 7.24. The van der Waals surface area contributed by atoms with Gasteiger partial charge in [0.1, 0.15) is 12.1 Å². The maximum atomic E-state index is 12.9. The van der Waals surface area contributed by atoms with Gasteiger partial charge in [-0.2, -0.15) is 0 Å². The van der Waals surface area contributed by atoms with Crippen molar-refractivity contribution in [1.29, 1.82) is 0 Å². The van der Waals surface area contributed by atoms with Gasteiger partial charge in [0.2, 0.25) is 11.8 Å². The molecular weight excluding hydrogens is 424 g/mol. The first-order valence-electron chi connectivity index (χ1n) is 10.3. The number of amides is 2. The molecule has 0 saturated carbocycles. The lowest BCUT2D eigenvalue weighted by atomic mass is 10.0. The van der Waals surface area contributed by atoms with E-state index in [4.69, 9.17) is 21.1 Å². The van der Waals surface area contributed by atoms with Crippen molar-refractivity contribution in [2.24, 2.45) is 5.92 Å². The van der Waals surface area contributed by atoms with Crippen molar-refractivity contribution in [1.82, 2.24) is 10.6 Å². The van der Waals surface area contributed by atoms with Crippen LogP contribution >= 0.6 is 11.6 Å². The minimum absolute atomic E-state index is 0.0142. The summed E-state index contributed by atoms with van der Waals surface area (Å²) in [5.74, 6) is -2.28. The Balaban J connectivity index is 2.82. The quantitative estimate of drug-likeness (QED) is 0.469. The largest absolute Gasteiger partial charge is 0.466 e. The van der Waals surface area contributed by atoms with Crippen molar-refractivity contribution in [2.45, 2.75) is 59.0 Å². The minimum Gasteiger partial charge on any atom is -0.466 e. The van der Waals surface area contributed by atoms with E-state index in [2.05, 4.69) is 10.6 Å². The topological polar surface area (TPSA) is 111 Å². The average molecular weight is 455 g/mol. The van der Waals surface area contributed by atoms with Crippen LogP contribution in [0.15, 0.2) is 24.3 Å². The molecule has 1 aromatic carbocycles. The Labute approximate surface area is 188 Å². The number of halogens is 1. The van der Waals surface area contributed by atoms with Crippen LogP contribution in [0.3, 0.4) is 0 Å². The molecule has 1 rings (SSSR count). The van der Waals surface area contributed by atoms with Crippen molar-refractivity contribution < 1.29 is 28.7 Å². The van der Waals surface area contributed by atoms with Gasteiger partial charge in [0.05, 0.1) is 19.6 Å². The molecule has 1 aromatic rings. The SMILES string of the molecule is CCOC(=O)CC[C@@H](NC(=O)[C@@H](NC(=O)Cc1ccccc1Cl)C(C)C)C(=O)OCC. The predicted molar refractivity (Wildman–Crippen MR) is 116 cm³/mol. The molecule has 0 unspecified atom stereocenters. The molecule has 8 nitrogen and oxygen atoms in total. The highest BCUT2D eigenvalue weighted by Crippen LogP contribution is 2.15. The maximum Gasteiger partial charge on any atom is 0.328 e. The van der Waals surface area contributed by atoms with Crippen LogP contribution < -0.4 is 10.6 Å². The lowest BCUT2D eigenvalue weighted by Crippen LogP contribution is -2.54. The monoisotopic (exact) mass is 454 g/mol. The first kappa shape index (κ1) is 26.4. The molecule has 2 N–H and O–H groups in total. The molecule has 9 heteroatoms. The van der Waals surface area contributed by atoms with E-state index in [0.29, 0.717) is 10.6 Å². The van der Waals surface area contributed by atoms with E-state index in [1.165, 1.54) is 0 Å². The van der Waals surface area contributed by atoms with Crippen LogP contribution in [-0.4, -0.2) is 49.1 Å². The van der Waals surface area contributed by atoms with Crippen molar-refractivity contribution in [3.8, 4) is 0 Å². The van der Waals surface area contributed by atoms with E-state index in [0.717, 1.165) is 0 Å². The van der Waals surface area contributed by atoms with Gasteiger partial charge in [0.25, 0.3) is 0 Å². The molecule has 0 aliphatic rings. The highest BCUT2D eigenvalue weighted by molar-refractivity contribution is 6.31. The third kappa shape index (κ3) is 9.38. The van der Waals surface area contributed by atoms with Gasteiger partial charge in [-0.3, -0.25) is 14.4 Å². The first-order chi connectivity index (χ1) is 14.7. The van der Waals surface area contributed by atoms with Gasteiger partial charge >= 0.3 is 11.9 Å². The van der Waals surface area contributed by atoms with Crippen molar-refractivity contribution >= 4 is 35.4 Å². The van der Waals surface area contributed by atoms with Gasteiger partial charge in [-0.1, -0.05) is 43.6 Å². The molecule has 0 aliphatic carbocycles. The molecule has 0 fully saturated rings. The zero-order valence-electron chi connectivity index (χ0n) is 18.4. The molecular formula is C22H31ClN2O6.